The van der Waals surface area contributed by atoms with E-state index in [0.29, 0.717) is 23.5 Å². The Kier molecular flexibility index (Phi) is 8.30. The third kappa shape index (κ3) is 6.02. The van der Waals surface area contributed by atoms with Gasteiger partial charge in [0.25, 0.3) is 17.5 Å². The number of nitrogens with zero attached hydrogens (tertiary/aromatic N) is 2. The molecule has 0 atom stereocenters. The maximum absolute atomic E-state index is 12.5. The van der Waals surface area contributed by atoms with Gasteiger partial charge in [0.2, 0.25) is 0 Å². The summed E-state index contributed by atoms with van der Waals surface area (Å²) >= 11 is 0. The van der Waals surface area contributed by atoms with Crippen LogP contribution in [0.1, 0.15) is 34.6 Å². The van der Waals surface area contributed by atoms with Gasteiger partial charge in [-0.25, -0.2) is 0 Å². The maximum Gasteiger partial charge on any atom is 0.282 e. The number of anilines is 1. The van der Waals surface area contributed by atoms with E-state index in [1.165, 1.54) is 25.3 Å². The van der Waals surface area contributed by atoms with Crippen molar-refractivity contribution >= 4 is 23.2 Å². The van der Waals surface area contributed by atoms with Crippen LogP contribution in [0.4, 0.5) is 11.4 Å². The second-order valence-electron chi connectivity index (χ2n) is 6.45. The van der Waals surface area contributed by atoms with Crippen LogP contribution in [0.15, 0.2) is 42.5 Å². The number of methoxy groups -OCH3 is 1. The topological polar surface area (TPSA) is 114 Å². The third-order valence-corrected chi connectivity index (χ3v) is 4.66. The fraction of sp³-hybridized carbons (Fsp3) is 0.333. The third-order valence-electron chi connectivity index (χ3n) is 4.66. The molecule has 0 aromatic heterocycles. The lowest BCUT2D eigenvalue weighted by molar-refractivity contribution is -0.385. The van der Waals surface area contributed by atoms with Crippen LogP contribution in [0.5, 0.6) is 5.75 Å². The molecular weight excluding hydrogens is 388 g/mol. The van der Waals surface area contributed by atoms with Crippen LogP contribution in [0.3, 0.4) is 0 Å². The first-order valence-electron chi connectivity index (χ1n) is 9.64. The Morgan fingerprint density at radius 2 is 1.73 bits per heavy atom. The van der Waals surface area contributed by atoms with Crippen molar-refractivity contribution in [3.05, 3.63) is 63.7 Å². The minimum atomic E-state index is -0.642. The highest BCUT2D eigenvalue weighted by Crippen LogP contribution is 2.25. The number of rotatable bonds is 10. The minimum Gasteiger partial charge on any atom is -0.497 e. The summed E-state index contributed by atoms with van der Waals surface area (Å²) in [6.45, 7) is 7.29. The average Bonchev–Trinajstić information content (AvgIpc) is 2.76. The van der Waals surface area contributed by atoms with Gasteiger partial charge in [0.1, 0.15) is 11.3 Å². The Hall–Kier alpha value is -3.46. The molecule has 0 saturated carbocycles. The van der Waals surface area contributed by atoms with Gasteiger partial charge in [0.05, 0.1) is 12.0 Å². The zero-order valence-electron chi connectivity index (χ0n) is 17.3. The summed E-state index contributed by atoms with van der Waals surface area (Å²) in [4.78, 5) is 37.6. The van der Waals surface area contributed by atoms with Crippen LogP contribution < -0.4 is 15.4 Å². The molecule has 160 valence electrons. The van der Waals surface area contributed by atoms with E-state index < -0.39 is 10.8 Å². The summed E-state index contributed by atoms with van der Waals surface area (Å²) < 4.78 is 5.04. The molecule has 30 heavy (non-hydrogen) atoms. The highest BCUT2D eigenvalue weighted by Gasteiger charge is 2.21. The maximum atomic E-state index is 12.5. The molecule has 9 heteroatoms. The van der Waals surface area contributed by atoms with Crippen LogP contribution in [0.25, 0.3) is 0 Å². The fourth-order valence-corrected chi connectivity index (χ4v) is 2.86. The first-order valence-corrected chi connectivity index (χ1v) is 9.64. The van der Waals surface area contributed by atoms with Crippen molar-refractivity contribution in [3.63, 3.8) is 0 Å². The van der Waals surface area contributed by atoms with E-state index in [2.05, 4.69) is 29.4 Å². The summed E-state index contributed by atoms with van der Waals surface area (Å²) in [5, 5.41) is 16.7. The van der Waals surface area contributed by atoms with Crippen molar-refractivity contribution in [2.45, 2.75) is 13.8 Å². The summed E-state index contributed by atoms with van der Waals surface area (Å²) in [5.41, 5.74) is 0.437. The molecule has 0 aliphatic carbocycles. The minimum absolute atomic E-state index is 0.113. The van der Waals surface area contributed by atoms with Gasteiger partial charge in [0.15, 0.2) is 0 Å². The van der Waals surface area contributed by atoms with E-state index in [-0.39, 0.29) is 17.2 Å². The van der Waals surface area contributed by atoms with Gasteiger partial charge in [-0.05, 0) is 49.5 Å². The van der Waals surface area contributed by atoms with Crippen molar-refractivity contribution in [1.82, 2.24) is 10.2 Å². The van der Waals surface area contributed by atoms with Gasteiger partial charge >= 0.3 is 0 Å². The quantitative estimate of drug-likeness (QED) is 0.456. The number of likely N-dealkylation sites (N-methyl/N-ethyl adjacent to an activating group) is 1. The van der Waals surface area contributed by atoms with Crippen LogP contribution in [-0.4, -0.2) is 54.9 Å². The molecule has 2 rings (SSSR count). The predicted molar refractivity (Wildman–Crippen MR) is 114 cm³/mol. The molecule has 0 spiro atoms. The Bertz CT molecular complexity index is 895. The van der Waals surface area contributed by atoms with Crippen molar-refractivity contribution < 1.29 is 19.2 Å². The summed E-state index contributed by atoms with van der Waals surface area (Å²) in [7, 11) is 1.41. The Labute approximate surface area is 175 Å². The zero-order valence-corrected chi connectivity index (χ0v) is 17.3. The van der Waals surface area contributed by atoms with Gasteiger partial charge in [-0.15, -0.1) is 0 Å². The Balaban J connectivity index is 2.03. The molecule has 0 saturated heterocycles. The second kappa shape index (κ2) is 10.9. The highest BCUT2D eigenvalue weighted by molar-refractivity contribution is 6.07. The zero-order chi connectivity index (χ0) is 22.1. The summed E-state index contributed by atoms with van der Waals surface area (Å²) in [6, 6.07) is 10.3. The van der Waals surface area contributed by atoms with Crippen molar-refractivity contribution in [1.29, 1.82) is 0 Å². The van der Waals surface area contributed by atoms with E-state index in [4.69, 9.17) is 4.74 Å². The predicted octanol–water partition coefficient (Wildman–Crippen LogP) is 2.93. The van der Waals surface area contributed by atoms with Gasteiger partial charge in [-0.2, -0.15) is 0 Å². The molecule has 2 N–H and O–H groups in total. The number of carbonyl (C=O) groups excluding carboxylic acids is 2. The van der Waals surface area contributed by atoms with Crippen LogP contribution in [0, 0.1) is 10.1 Å². The van der Waals surface area contributed by atoms with Crippen LogP contribution in [-0.2, 0) is 0 Å². The molecule has 2 aromatic rings. The Morgan fingerprint density at radius 1 is 1.07 bits per heavy atom. The first-order chi connectivity index (χ1) is 14.4. The lowest BCUT2D eigenvalue weighted by Gasteiger charge is -2.18. The standard InChI is InChI=1S/C21H26N4O5/c1-4-24(5-2)13-12-22-20(26)15-6-8-16(9-7-15)23-21(27)18-14-17(30-3)10-11-19(18)25(28)29/h6-11,14H,4-5,12-13H2,1-3H3,(H,22,26)(H,23,27). The molecule has 0 bridgehead atoms. The fourth-order valence-electron chi connectivity index (χ4n) is 2.86. The van der Waals surface area contributed by atoms with Crippen molar-refractivity contribution in [2.75, 3.05) is 38.6 Å². The number of carbonyl (C=O) groups is 2. The molecular formula is C21H26N4O5. The molecule has 2 aromatic carbocycles. The van der Waals surface area contributed by atoms with Crippen LogP contribution in [0.2, 0.25) is 0 Å². The number of nitro groups is 1. The summed E-state index contributed by atoms with van der Waals surface area (Å²) in [5.74, 6) is -0.511. The smallest absolute Gasteiger partial charge is 0.282 e. The second-order valence-corrected chi connectivity index (χ2v) is 6.45. The SMILES string of the molecule is CCN(CC)CCNC(=O)c1ccc(NC(=O)c2cc(OC)ccc2[N+](=O)[O-])cc1. The van der Waals surface area contributed by atoms with Crippen molar-refractivity contribution in [3.8, 4) is 5.75 Å². The van der Waals surface area contributed by atoms with Gasteiger partial charge in [-0.1, -0.05) is 13.8 Å². The molecule has 0 aliphatic heterocycles. The normalized spacial score (nSPS) is 10.5. The van der Waals surface area contributed by atoms with Gasteiger partial charge < -0.3 is 20.3 Å². The summed E-state index contributed by atoms with van der Waals surface area (Å²) in [6.07, 6.45) is 0. The number of hydrogen-bond acceptors (Lipinski definition) is 6. The van der Waals surface area contributed by atoms with E-state index >= 15 is 0 Å². The van der Waals surface area contributed by atoms with Gasteiger partial charge in [0, 0.05) is 30.4 Å². The van der Waals surface area contributed by atoms with E-state index in [1.54, 1.807) is 24.3 Å². The Morgan fingerprint density at radius 3 is 2.30 bits per heavy atom. The van der Waals surface area contributed by atoms with E-state index in [1.807, 2.05) is 0 Å². The average molecular weight is 414 g/mol. The molecule has 2 amide bonds. The lowest BCUT2D eigenvalue weighted by atomic mass is 10.1. The van der Waals surface area contributed by atoms with Crippen LogP contribution >= 0.6 is 0 Å². The number of hydrogen-bond donors (Lipinski definition) is 2. The highest BCUT2D eigenvalue weighted by atomic mass is 16.6. The largest absolute Gasteiger partial charge is 0.497 e. The number of amides is 2. The monoisotopic (exact) mass is 414 g/mol. The van der Waals surface area contributed by atoms with Crippen molar-refractivity contribution in [2.24, 2.45) is 0 Å². The number of nitrogens with one attached hydrogen (secondary N) is 2. The first kappa shape index (κ1) is 22.8. The number of benzene rings is 2. The van der Waals surface area contributed by atoms with E-state index in [9.17, 15) is 19.7 Å². The molecule has 0 aliphatic rings. The molecule has 0 fully saturated rings. The molecule has 0 unspecified atom stereocenters. The lowest BCUT2D eigenvalue weighted by Crippen LogP contribution is -2.34. The molecule has 0 heterocycles. The van der Waals surface area contributed by atoms with Gasteiger partial charge in [-0.3, -0.25) is 19.7 Å². The van der Waals surface area contributed by atoms with E-state index in [0.717, 1.165) is 19.6 Å². The molecule has 0 radical (unpaired) electrons. The molecule has 9 nitrogen and oxygen atoms in total. The number of ether oxygens (including phenoxy) is 1. The number of nitro benzene ring substituents is 1.